The van der Waals surface area contributed by atoms with E-state index in [0.29, 0.717) is 16.1 Å². The molecule has 25 heavy (non-hydrogen) atoms. The normalized spacial score (nSPS) is 10.2. The third-order valence-electron chi connectivity index (χ3n) is 3.32. The molecule has 3 N–H and O–H groups in total. The molecule has 2 rings (SSSR count). The molecule has 0 fully saturated rings. The second-order valence-corrected chi connectivity index (χ2v) is 7.53. The van der Waals surface area contributed by atoms with E-state index in [1.807, 2.05) is 19.9 Å². The highest BCUT2D eigenvalue weighted by atomic mass is 32.1. The first-order chi connectivity index (χ1) is 12.0. The first-order valence-electron chi connectivity index (χ1n) is 7.64. The number of nitrogens with one attached hydrogen (secondary N) is 3. The predicted molar refractivity (Wildman–Crippen MR) is 106 cm³/mol. The molecule has 0 bridgehead atoms. The summed E-state index contributed by atoms with van der Waals surface area (Å²) in [5, 5.41) is 5.50. The monoisotopic (exact) mass is 397 g/mol. The van der Waals surface area contributed by atoms with Crippen LogP contribution in [-0.4, -0.2) is 24.1 Å². The van der Waals surface area contributed by atoms with Crippen molar-refractivity contribution < 1.29 is 14.3 Å². The Morgan fingerprint density at radius 1 is 1.16 bits per heavy atom. The van der Waals surface area contributed by atoms with Crippen LogP contribution >= 0.6 is 34.9 Å². The Bertz CT molecular complexity index is 783. The molecule has 0 aliphatic carbocycles. The molecule has 2 aromatic rings. The maximum Gasteiger partial charge on any atom is 0.340 e. The van der Waals surface area contributed by atoms with Gasteiger partial charge in [-0.25, -0.2) is 4.79 Å². The minimum Gasteiger partial charge on any atom is -0.465 e. The number of hydrazine groups is 1. The second-order valence-electron chi connectivity index (χ2n) is 4.99. The van der Waals surface area contributed by atoms with Crippen molar-refractivity contribution in [2.75, 3.05) is 12.4 Å². The van der Waals surface area contributed by atoms with E-state index in [1.54, 1.807) is 22.8 Å². The lowest BCUT2D eigenvalue weighted by Gasteiger charge is -2.11. The maximum atomic E-state index is 12.1. The van der Waals surface area contributed by atoms with Gasteiger partial charge in [-0.15, -0.1) is 22.7 Å². The molecular weight excluding hydrogens is 378 g/mol. The van der Waals surface area contributed by atoms with E-state index in [4.69, 9.17) is 17.0 Å². The van der Waals surface area contributed by atoms with Gasteiger partial charge in [0.2, 0.25) is 0 Å². The van der Waals surface area contributed by atoms with Gasteiger partial charge in [0, 0.05) is 15.1 Å². The van der Waals surface area contributed by atoms with Crippen LogP contribution in [0.1, 0.15) is 44.3 Å². The van der Waals surface area contributed by atoms with Crippen LogP contribution in [0.5, 0.6) is 0 Å². The van der Waals surface area contributed by atoms with E-state index in [9.17, 15) is 9.59 Å². The Hall–Kier alpha value is -1.97. The topological polar surface area (TPSA) is 79.5 Å². The smallest absolute Gasteiger partial charge is 0.340 e. The molecular formula is C16H19N3O3S3. The molecule has 0 aliphatic rings. The number of carbonyl (C=O) groups excluding carboxylic acids is 2. The molecule has 0 aromatic carbocycles. The van der Waals surface area contributed by atoms with Crippen LogP contribution in [0.2, 0.25) is 0 Å². The van der Waals surface area contributed by atoms with Crippen LogP contribution in [-0.2, 0) is 17.6 Å². The van der Waals surface area contributed by atoms with Crippen molar-refractivity contribution in [1.29, 1.82) is 0 Å². The molecule has 134 valence electrons. The largest absolute Gasteiger partial charge is 0.465 e. The van der Waals surface area contributed by atoms with Gasteiger partial charge in [-0.05, 0) is 37.2 Å². The Balaban J connectivity index is 1.97. The van der Waals surface area contributed by atoms with Crippen LogP contribution in [0.25, 0.3) is 0 Å². The average molecular weight is 398 g/mol. The zero-order valence-electron chi connectivity index (χ0n) is 14.1. The van der Waals surface area contributed by atoms with Crippen molar-refractivity contribution in [3.8, 4) is 0 Å². The molecule has 0 saturated heterocycles. The molecule has 0 spiro atoms. The molecule has 0 unspecified atom stereocenters. The highest BCUT2D eigenvalue weighted by Gasteiger charge is 2.17. The second kappa shape index (κ2) is 8.93. The van der Waals surface area contributed by atoms with Crippen LogP contribution in [0.3, 0.4) is 0 Å². The van der Waals surface area contributed by atoms with Gasteiger partial charge >= 0.3 is 5.97 Å². The van der Waals surface area contributed by atoms with Gasteiger partial charge in [0.1, 0.15) is 5.00 Å². The van der Waals surface area contributed by atoms with Gasteiger partial charge < -0.3 is 10.1 Å². The average Bonchev–Trinajstić information content (AvgIpc) is 3.25. The molecule has 6 nitrogen and oxygen atoms in total. The molecule has 0 radical (unpaired) electrons. The summed E-state index contributed by atoms with van der Waals surface area (Å²) in [4.78, 5) is 26.1. The number of thiocarbonyl (C=S) groups is 1. The molecule has 0 saturated carbocycles. The van der Waals surface area contributed by atoms with Crippen molar-refractivity contribution in [2.24, 2.45) is 0 Å². The van der Waals surface area contributed by atoms with Crippen molar-refractivity contribution in [3.05, 3.63) is 38.4 Å². The van der Waals surface area contributed by atoms with Gasteiger partial charge in [0.25, 0.3) is 5.91 Å². The number of thiophene rings is 2. The summed E-state index contributed by atoms with van der Waals surface area (Å²) in [5.74, 6) is -0.704. The first kappa shape index (κ1) is 19.4. The van der Waals surface area contributed by atoms with Crippen molar-refractivity contribution >= 4 is 56.9 Å². The lowest BCUT2D eigenvalue weighted by Crippen LogP contribution is -2.43. The van der Waals surface area contributed by atoms with E-state index in [-0.39, 0.29) is 11.0 Å². The van der Waals surface area contributed by atoms with Crippen molar-refractivity contribution in [1.82, 2.24) is 10.9 Å². The molecule has 2 aromatic heterocycles. The number of hydrogen-bond acceptors (Lipinski definition) is 6. The van der Waals surface area contributed by atoms with Crippen LogP contribution in [0, 0.1) is 0 Å². The fraction of sp³-hybridized carbons (Fsp3) is 0.312. The zero-order chi connectivity index (χ0) is 18.4. The summed E-state index contributed by atoms with van der Waals surface area (Å²) in [6.07, 6.45) is 1.69. The summed E-state index contributed by atoms with van der Waals surface area (Å²) in [5.41, 5.74) is 6.19. The molecule has 2 heterocycles. The number of ether oxygens (including phenoxy) is 1. The number of esters is 1. The summed E-state index contributed by atoms with van der Waals surface area (Å²) in [6, 6.07) is 3.62. The molecule has 0 atom stereocenters. The molecule has 9 heteroatoms. The lowest BCUT2D eigenvalue weighted by atomic mass is 10.2. The van der Waals surface area contributed by atoms with E-state index in [1.165, 1.54) is 18.4 Å². The van der Waals surface area contributed by atoms with E-state index < -0.39 is 5.97 Å². The Kier molecular flexibility index (Phi) is 6.91. The highest BCUT2D eigenvalue weighted by molar-refractivity contribution is 7.80. The Morgan fingerprint density at radius 2 is 1.88 bits per heavy atom. The third kappa shape index (κ3) is 5.00. The van der Waals surface area contributed by atoms with E-state index in [0.717, 1.165) is 22.6 Å². The Morgan fingerprint density at radius 3 is 2.48 bits per heavy atom. The van der Waals surface area contributed by atoms with Gasteiger partial charge in [0.15, 0.2) is 5.11 Å². The first-order valence-corrected chi connectivity index (χ1v) is 9.74. The third-order valence-corrected chi connectivity index (χ3v) is 5.80. The van der Waals surface area contributed by atoms with Crippen molar-refractivity contribution in [3.63, 3.8) is 0 Å². The number of hydrogen-bond donors (Lipinski definition) is 3. The Labute approximate surface area is 159 Å². The van der Waals surface area contributed by atoms with Crippen molar-refractivity contribution in [2.45, 2.75) is 26.7 Å². The number of aryl methyl sites for hydroxylation is 2. The summed E-state index contributed by atoms with van der Waals surface area (Å²) in [7, 11) is 1.33. The fourth-order valence-electron chi connectivity index (χ4n) is 1.98. The predicted octanol–water partition coefficient (Wildman–Crippen LogP) is 3.35. The van der Waals surface area contributed by atoms with Crippen LogP contribution < -0.4 is 16.2 Å². The minimum atomic E-state index is -0.435. The van der Waals surface area contributed by atoms with Gasteiger partial charge in [-0.1, -0.05) is 13.8 Å². The zero-order valence-corrected chi connectivity index (χ0v) is 16.5. The quantitative estimate of drug-likeness (QED) is 0.408. The fourth-order valence-corrected chi connectivity index (χ4v) is 4.00. The van der Waals surface area contributed by atoms with Crippen LogP contribution in [0.4, 0.5) is 5.00 Å². The highest BCUT2D eigenvalue weighted by Crippen LogP contribution is 2.29. The van der Waals surface area contributed by atoms with Gasteiger partial charge in [-0.3, -0.25) is 15.6 Å². The lowest BCUT2D eigenvalue weighted by molar-refractivity contribution is 0.0602. The summed E-state index contributed by atoms with van der Waals surface area (Å²) in [6.45, 7) is 4.04. The van der Waals surface area contributed by atoms with E-state index >= 15 is 0 Å². The molecule has 1 amide bonds. The standard InChI is InChI=1S/C16H19N3O3S3/c1-4-10-6-9(8-24-10)13(20)18-19-16(23)17-14-12(15(21)22-3)7-11(5-2)25-14/h6-8H,4-5H2,1-3H3,(H,18,20)(H2,17,19,23). The number of carbonyl (C=O) groups is 2. The number of anilines is 1. The summed E-state index contributed by atoms with van der Waals surface area (Å²) >= 11 is 8.14. The van der Waals surface area contributed by atoms with Gasteiger partial charge in [0.05, 0.1) is 18.2 Å². The number of methoxy groups -OCH3 is 1. The van der Waals surface area contributed by atoms with E-state index in [2.05, 4.69) is 16.2 Å². The van der Waals surface area contributed by atoms with Gasteiger partial charge in [-0.2, -0.15) is 0 Å². The number of rotatable bonds is 5. The molecule has 0 aliphatic heterocycles. The SMILES string of the molecule is CCc1cc(C(=O)NNC(=S)Nc2sc(CC)cc2C(=O)OC)cs1. The number of amides is 1. The summed E-state index contributed by atoms with van der Waals surface area (Å²) < 4.78 is 4.78. The minimum absolute atomic E-state index is 0.189. The maximum absolute atomic E-state index is 12.1. The van der Waals surface area contributed by atoms with Crippen LogP contribution in [0.15, 0.2) is 17.5 Å².